The summed E-state index contributed by atoms with van der Waals surface area (Å²) in [5.74, 6) is 1.29. The predicted molar refractivity (Wildman–Crippen MR) is 91.4 cm³/mol. The van der Waals surface area contributed by atoms with E-state index in [4.69, 9.17) is 23.2 Å². The molecule has 1 aromatic carbocycles. The van der Waals surface area contributed by atoms with Crippen molar-refractivity contribution in [2.24, 2.45) is 0 Å². The second-order valence-corrected chi connectivity index (χ2v) is 6.55. The maximum absolute atomic E-state index is 6.21. The van der Waals surface area contributed by atoms with E-state index in [0.717, 1.165) is 21.7 Å². The Kier molecular flexibility index (Phi) is 3.89. The summed E-state index contributed by atoms with van der Waals surface area (Å²) in [6, 6.07) is 7.37. The Morgan fingerprint density at radius 3 is 2.67 bits per heavy atom. The molecule has 0 spiro atoms. The molecule has 2 N–H and O–H groups in total. The molecule has 0 amide bonds. The van der Waals surface area contributed by atoms with E-state index in [1.165, 1.54) is 4.88 Å². The molecule has 0 aliphatic rings. The van der Waals surface area contributed by atoms with E-state index < -0.39 is 0 Å². The van der Waals surface area contributed by atoms with Crippen molar-refractivity contribution in [3.8, 4) is 0 Å². The average molecular weight is 339 g/mol. The number of aryl methyl sites for hydroxylation is 1. The van der Waals surface area contributed by atoms with Gasteiger partial charge in [0.15, 0.2) is 0 Å². The predicted octanol–water partition coefficient (Wildman–Crippen LogP) is 5.09. The maximum atomic E-state index is 6.21. The number of hydrogen-bond donors (Lipinski definition) is 2. The molecule has 3 aromatic rings. The molecule has 4 nitrogen and oxygen atoms in total. The number of halogens is 2. The van der Waals surface area contributed by atoms with E-state index in [9.17, 15) is 0 Å². The van der Waals surface area contributed by atoms with E-state index in [0.29, 0.717) is 16.0 Å². The van der Waals surface area contributed by atoms with Gasteiger partial charge in [0.05, 0.1) is 16.1 Å². The Balaban J connectivity index is 2.10. The highest BCUT2D eigenvalue weighted by molar-refractivity contribution is 7.18. The summed E-state index contributed by atoms with van der Waals surface area (Å²) < 4.78 is 0. The number of anilines is 3. The molecule has 0 saturated heterocycles. The van der Waals surface area contributed by atoms with Crippen molar-refractivity contribution in [1.29, 1.82) is 0 Å². The van der Waals surface area contributed by atoms with Gasteiger partial charge < -0.3 is 10.6 Å². The molecule has 0 aliphatic carbocycles. The molecule has 0 atom stereocenters. The van der Waals surface area contributed by atoms with Crippen LogP contribution in [0.4, 0.5) is 17.5 Å². The summed E-state index contributed by atoms with van der Waals surface area (Å²) >= 11 is 13.8. The van der Waals surface area contributed by atoms with Crippen LogP contribution >= 0.6 is 34.5 Å². The van der Waals surface area contributed by atoms with Crippen molar-refractivity contribution in [3.63, 3.8) is 0 Å². The van der Waals surface area contributed by atoms with Crippen LogP contribution in [0.3, 0.4) is 0 Å². The zero-order chi connectivity index (χ0) is 15.0. The second-order valence-electron chi connectivity index (χ2n) is 4.47. The van der Waals surface area contributed by atoms with Gasteiger partial charge >= 0.3 is 0 Å². The monoisotopic (exact) mass is 338 g/mol. The highest BCUT2D eigenvalue weighted by Crippen LogP contribution is 2.33. The van der Waals surface area contributed by atoms with Crippen molar-refractivity contribution in [1.82, 2.24) is 9.97 Å². The lowest BCUT2D eigenvalue weighted by atomic mass is 10.3. The highest BCUT2D eigenvalue weighted by Gasteiger charge is 2.11. The van der Waals surface area contributed by atoms with Crippen molar-refractivity contribution in [3.05, 3.63) is 39.2 Å². The molecule has 108 valence electrons. The van der Waals surface area contributed by atoms with E-state index in [-0.39, 0.29) is 0 Å². The topological polar surface area (TPSA) is 49.8 Å². The number of hydrogen-bond acceptors (Lipinski definition) is 5. The third-order valence-electron chi connectivity index (χ3n) is 2.92. The first-order valence-electron chi connectivity index (χ1n) is 6.25. The van der Waals surface area contributed by atoms with Gasteiger partial charge in [-0.15, -0.1) is 11.3 Å². The quantitative estimate of drug-likeness (QED) is 0.698. The number of rotatable bonds is 3. The Hall–Kier alpha value is -1.56. The average Bonchev–Trinajstić information content (AvgIpc) is 2.82. The summed E-state index contributed by atoms with van der Waals surface area (Å²) in [5, 5.41) is 8.34. The van der Waals surface area contributed by atoms with Crippen LogP contribution < -0.4 is 10.6 Å². The Labute approximate surface area is 136 Å². The normalized spacial score (nSPS) is 10.9. The fraction of sp³-hybridized carbons (Fsp3) is 0.143. The van der Waals surface area contributed by atoms with Gasteiger partial charge in [0.2, 0.25) is 5.95 Å². The summed E-state index contributed by atoms with van der Waals surface area (Å²) in [6.45, 7) is 2.05. The summed E-state index contributed by atoms with van der Waals surface area (Å²) in [4.78, 5) is 11.0. The molecule has 0 unspecified atom stereocenters. The fourth-order valence-corrected chi connectivity index (χ4v) is 3.30. The fourth-order valence-electron chi connectivity index (χ4n) is 1.97. The van der Waals surface area contributed by atoms with Crippen molar-refractivity contribution in [2.75, 3.05) is 17.7 Å². The Morgan fingerprint density at radius 2 is 1.95 bits per heavy atom. The van der Waals surface area contributed by atoms with Crippen molar-refractivity contribution < 1.29 is 0 Å². The summed E-state index contributed by atoms with van der Waals surface area (Å²) in [7, 11) is 1.79. The number of aromatic nitrogens is 2. The SMILES string of the molecule is CNc1nc(Nc2ccc(Cl)cc2Cl)c2cc(C)sc2n1. The van der Waals surface area contributed by atoms with Gasteiger partial charge in [0.1, 0.15) is 10.6 Å². The second kappa shape index (κ2) is 5.67. The van der Waals surface area contributed by atoms with Gasteiger partial charge in [-0.25, -0.2) is 4.98 Å². The standard InChI is InChI=1S/C14H12Cl2N4S/c1-7-5-9-12(19-14(17-2)20-13(9)21-7)18-11-4-3-8(15)6-10(11)16/h3-6H,1-2H3,(H2,17,18,19,20). The molecule has 21 heavy (non-hydrogen) atoms. The minimum absolute atomic E-state index is 0.548. The lowest BCUT2D eigenvalue weighted by Crippen LogP contribution is -2.01. The summed E-state index contributed by atoms with van der Waals surface area (Å²) in [5.41, 5.74) is 0.756. The number of nitrogens with zero attached hydrogens (tertiary/aromatic N) is 2. The van der Waals surface area contributed by atoms with Gasteiger partial charge in [0.25, 0.3) is 0 Å². The molecule has 2 heterocycles. The number of nitrogens with one attached hydrogen (secondary N) is 2. The highest BCUT2D eigenvalue weighted by atomic mass is 35.5. The Bertz CT molecular complexity index is 816. The van der Waals surface area contributed by atoms with E-state index >= 15 is 0 Å². The summed E-state index contributed by atoms with van der Waals surface area (Å²) in [6.07, 6.45) is 0. The van der Waals surface area contributed by atoms with Crippen LogP contribution in [0, 0.1) is 6.92 Å². The largest absolute Gasteiger partial charge is 0.357 e. The van der Waals surface area contributed by atoms with Gasteiger partial charge in [0, 0.05) is 16.9 Å². The van der Waals surface area contributed by atoms with E-state index in [2.05, 4.69) is 26.7 Å². The third kappa shape index (κ3) is 2.90. The van der Waals surface area contributed by atoms with Crippen molar-refractivity contribution in [2.45, 2.75) is 6.92 Å². The molecule has 0 radical (unpaired) electrons. The van der Waals surface area contributed by atoms with Crippen LogP contribution in [-0.4, -0.2) is 17.0 Å². The smallest absolute Gasteiger partial charge is 0.225 e. The van der Waals surface area contributed by atoms with Gasteiger partial charge in [-0.3, -0.25) is 0 Å². The van der Waals surface area contributed by atoms with Crippen LogP contribution in [0.1, 0.15) is 4.88 Å². The van der Waals surface area contributed by atoms with Gasteiger partial charge in [-0.1, -0.05) is 23.2 Å². The first-order valence-corrected chi connectivity index (χ1v) is 7.82. The zero-order valence-electron chi connectivity index (χ0n) is 11.4. The van der Waals surface area contributed by atoms with Crippen LogP contribution in [0.2, 0.25) is 10.0 Å². The molecule has 0 saturated carbocycles. The minimum atomic E-state index is 0.548. The maximum Gasteiger partial charge on any atom is 0.225 e. The van der Waals surface area contributed by atoms with E-state index in [1.54, 1.807) is 30.5 Å². The molecule has 7 heteroatoms. The molecular weight excluding hydrogens is 327 g/mol. The lowest BCUT2D eigenvalue weighted by molar-refractivity contribution is 1.20. The van der Waals surface area contributed by atoms with Gasteiger partial charge in [-0.2, -0.15) is 4.98 Å². The van der Waals surface area contributed by atoms with Crippen LogP contribution in [0.15, 0.2) is 24.3 Å². The number of thiophene rings is 1. The minimum Gasteiger partial charge on any atom is -0.357 e. The van der Waals surface area contributed by atoms with Gasteiger partial charge in [-0.05, 0) is 31.2 Å². The van der Waals surface area contributed by atoms with Crippen LogP contribution in [0.5, 0.6) is 0 Å². The van der Waals surface area contributed by atoms with Crippen LogP contribution in [0.25, 0.3) is 10.2 Å². The molecule has 0 bridgehead atoms. The number of benzene rings is 1. The Morgan fingerprint density at radius 1 is 1.14 bits per heavy atom. The molecule has 2 aromatic heterocycles. The molecule has 3 rings (SSSR count). The first kappa shape index (κ1) is 14.4. The lowest BCUT2D eigenvalue weighted by Gasteiger charge is -2.10. The molecule has 0 fully saturated rings. The van der Waals surface area contributed by atoms with Crippen molar-refractivity contribution >= 4 is 62.2 Å². The third-order valence-corrected chi connectivity index (χ3v) is 4.42. The van der Waals surface area contributed by atoms with Crippen LogP contribution in [-0.2, 0) is 0 Å². The van der Waals surface area contributed by atoms with E-state index in [1.807, 2.05) is 13.0 Å². The number of fused-ring (bicyclic) bond motifs is 1. The first-order chi connectivity index (χ1) is 10.1. The zero-order valence-corrected chi connectivity index (χ0v) is 13.7. The molecular formula is C14H12Cl2N4S. The molecule has 0 aliphatic heterocycles.